The van der Waals surface area contributed by atoms with Crippen molar-refractivity contribution in [3.63, 3.8) is 0 Å². The van der Waals surface area contributed by atoms with Gasteiger partial charge in [-0.05, 0) is 12.1 Å². The van der Waals surface area contributed by atoms with Gasteiger partial charge >= 0.3 is 0 Å². The Bertz CT molecular complexity index is 588. The maximum absolute atomic E-state index is 13.3. The standard InChI is InChI=1S/C14H14F2N2O3/c15-10-2-1-9(7-11(10)16)18-13(19)8-12(14(18)20)17-3-5-21-6-4-17/h1-2,7,12H,3-6,8H2. The van der Waals surface area contributed by atoms with E-state index in [1.807, 2.05) is 4.90 Å². The average molecular weight is 296 g/mol. The van der Waals surface area contributed by atoms with Gasteiger partial charge in [0, 0.05) is 19.2 Å². The molecular weight excluding hydrogens is 282 g/mol. The summed E-state index contributed by atoms with van der Waals surface area (Å²) in [6, 6.07) is 2.46. The third kappa shape index (κ3) is 2.54. The molecule has 21 heavy (non-hydrogen) atoms. The summed E-state index contributed by atoms with van der Waals surface area (Å²) in [6.07, 6.45) is 0.0534. The number of rotatable bonds is 2. The van der Waals surface area contributed by atoms with Crippen LogP contribution >= 0.6 is 0 Å². The van der Waals surface area contributed by atoms with Crippen molar-refractivity contribution in [3.8, 4) is 0 Å². The maximum Gasteiger partial charge on any atom is 0.251 e. The van der Waals surface area contributed by atoms with Gasteiger partial charge in [-0.15, -0.1) is 0 Å². The summed E-state index contributed by atoms with van der Waals surface area (Å²) >= 11 is 0. The first kappa shape index (κ1) is 14.1. The largest absolute Gasteiger partial charge is 0.379 e. The molecule has 0 spiro atoms. The average Bonchev–Trinajstić information content (AvgIpc) is 2.78. The molecule has 0 N–H and O–H groups in total. The van der Waals surface area contributed by atoms with Crippen LogP contribution in [-0.2, 0) is 14.3 Å². The Kier molecular flexibility index (Phi) is 3.69. The third-order valence-corrected chi connectivity index (χ3v) is 3.77. The van der Waals surface area contributed by atoms with Crippen LogP contribution in [0.2, 0.25) is 0 Å². The number of anilines is 1. The molecule has 1 atom stereocenters. The normalized spacial score (nSPS) is 23.9. The van der Waals surface area contributed by atoms with E-state index in [4.69, 9.17) is 4.74 Å². The van der Waals surface area contributed by atoms with Gasteiger partial charge < -0.3 is 4.74 Å². The van der Waals surface area contributed by atoms with E-state index >= 15 is 0 Å². The lowest BCUT2D eigenvalue weighted by Crippen LogP contribution is -2.47. The fourth-order valence-electron chi connectivity index (χ4n) is 2.69. The van der Waals surface area contributed by atoms with Gasteiger partial charge in [0.2, 0.25) is 5.91 Å². The molecule has 2 saturated heterocycles. The second kappa shape index (κ2) is 5.50. The van der Waals surface area contributed by atoms with Crippen molar-refractivity contribution in [3.05, 3.63) is 29.8 Å². The van der Waals surface area contributed by atoms with Crippen LogP contribution in [0, 0.1) is 11.6 Å². The summed E-state index contributed by atoms with van der Waals surface area (Å²) < 4.78 is 31.5. The van der Waals surface area contributed by atoms with Crippen molar-refractivity contribution in [2.24, 2.45) is 0 Å². The van der Waals surface area contributed by atoms with E-state index < -0.39 is 29.5 Å². The quantitative estimate of drug-likeness (QED) is 0.762. The Labute approximate surface area is 120 Å². The van der Waals surface area contributed by atoms with Gasteiger partial charge in [-0.3, -0.25) is 14.5 Å². The Morgan fingerprint density at radius 2 is 1.81 bits per heavy atom. The molecule has 1 aromatic rings. The molecule has 0 radical (unpaired) electrons. The molecule has 5 nitrogen and oxygen atoms in total. The summed E-state index contributed by atoms with van der Waals surface area (Å²) in [5, 5.41) is 0. The Balaban J connectivity index is 1.84. The van der Waals surface area contributed by atoms with Crippen LogP contribution in [0.4, 0.5) is 14.5 Å². The van der Waals surface area contributed by atoms with Crippen LogP contribution < -0.4 is 4.90 Å². The van der Waals surface area contributed by atoms with Gasteiger partial charge in [0.1, 0.15) is 0 Å². The minimum atomic E-state index is -1.08. The lowest BCUT2D eigenvalue weighted by Gasteiger charge is -2.30. The number of hydrogen-bond donors (Lipinski definition) is 0. The molecule has 1 unspecified atom stereocenters. The zero-order valence-corrected chi connectivity index (χ0v) is 11.2. The van der Waals surface area contributed by atoms with Gasteiger partial charge in [-0.2, -0.15) is 0 Å². The molecule has 2 aliphatic heterocycles. The van der Waals surface area contributed by atoms with Gasteiger partial charge in [-0.25, -0.2) is 13.7 Å². The first-order valence-electron chi connectivity index (χ1n) is 6.71. The van der Waals surface area contributed by atoms with E-state index in [1.54, 1.807) is 0 Å². The Hall–Kier alpha value is -1.86. The van der Waals surface area contributed by atoms with E-state index in [9.17, 15) is 18.4 Å². The molecule has 2 heterocycles. The van der Waals surface area contributed by atoms with Crippen molar-refractivity contribution in [1.29, 1.82) is 0 Å². The minimum Gasteiger partial charge on any atom is -0.379 e. The first-order chi connectivity index (χ1) is 10.1. The van der Waals surface area contributed by atoms with Crippen molar-refractivity contribution in [1.82, 2.24) is 4.90 Å². The monoisotopic (exact) mass is 296 g/mol. The number of halogens is 2. The number of imide groups is 1. The highest BCUT2D eigenvalue weighted by Crippen LogP contribution is 2.27. The van der Waals surface area contributed by atoms with Crippen LogP contribution in [0.15, 0.2) is 18.2 Å². The molecule has 3 rings (SSSR count). The molecule has 7 heteroatoms. The van der Waals surface area contributed by atoms with Crippen LogP contribution in [0.3, 0.4) is 0 Å². The van der Waals surface area contributed by atoms with Crippen molar-refractivity contribution in [2.75, 3.05) is 31.2 Å². The number of carbonyl (C=O) groups excluding carboxylic acids is 2. The van der Waals surface area contributed by atoms with Crippen LogP contribution in [0.5, 0.6) is 0 Å². The zero-order valence-electron chi connectivity index (χ0n) is 11.2. The van der Waals surface area contributed by atoms with Crippen LogP contribution in [0.1, 0.15) is 6.42 Å². The predicted octanol–water partition coefficient (Wildman–Crippen LogP) is 0.929. The summed E-state index contributed by atoms with van der Waals surface area (Å²) in [5.41, 5.74) is 0.0691. The molecule has 0 aromatic heterocycles. The summed E-state index contributed by atoms with van der Waals surface area (Å²) in [4.78, 5) is 27.3. The fraction of sp³-hybridized carbons (Fsp3) is 0.429. The first-order valence-corrected chi connectivity index (χ1v) is 6.71. The molecule has 0 bridgehead atoms. The molecule has 2 aliphatic rings. The van der Waals surface area contributed by atoms with E-state index in [0.29, 0.717) is 26.3 Å². The number of amides is 2. The highest BCUT2D eigenvalue weighted by molar-refractivity contribution is 6.22. The summed E-state index contributed by atoms with van der Waals surface area (Å²) in [7, 11) is 0. The summed E-state index contributed by atoms with van der Waals surface area (Å²) in [6.45, 7) is 2.19. The van der Waals surface area contributed by atoms with Gasteiger partial charge in [0.05, 0.1) is 31.4 Å². The molecule has 0 saturated carbocycles. The topological polar surface area (TPSA) is 49.9 Å². The number of carbonyl (C=O) groups is 2. The van der Waals surface area contributed by atoms with Gasteiger partial charge in [0.25, 0.3) is 5.91 Å². The number of hydrogen-bond acceptors (Lipinski definition) is 4. The minimum absolute atomic E-state index is 0.0534. The summed E-state index contributed by atoms with van der Waals surface area (Å²) in [5.74, 6) is -2.89. The van der Waals surface area contributed by atoms with Crippen LogP contribution in [-0.4, -0.2) is 49.1 Å². The Morgan fingerprint density at radius 1 is 1.10 bits per heavy atom. The fourth-order valence-corrected chi connectivity index (χ4v) is 2.69. The van der Waals surface area contributed by atoms with Crippen LogP contribution in [0.25, 0.3) is 0 Å². The second-order valence-electron chi connectivity index (χ2n) is 5.03. The van der Waals surface area contributed by atoms with Gasteiger partial charge in [-0.1, -0.05) is 0 Å². The highest BCUT2D eigenvalue weighted by atomic mass is 19.2. The van der Waals surface area contributed by atoms with Crippen molar-refractivity contribution in [2.45, 2.75) is 12.5 Å². The lowest BCUT2D eigenvalue weighted by atomic mass is 10.2. The van der Waals surface area contributed by atoms with E-state index in [0.717, 1.165) is 17.0 Å². The number of ether oxygens (including phenoxy) is 1. The molecule has 2 fully saturated rings. The molecule has 0 aliphatic carbocycles. The zero-order chi connectivity index (χ0) is 15.0. The van der Waals surface area contributed by atoms with Crippen molar-refractivity contribution >= 4 is 17.5 Å². The predicted molar refractivity (Wildman–Crippen MR) is 69.6 cm³/mol. The lowest BCUT2D eigenvalue weighted by molar-refractivity contribution is -0.123. The number of benzene rings is 1. The Morgan fingerprint density at radius 3 is 2.48 bits per heavy atom. The maximum atomic E-state index is 13.3. The molecule has 2 amide bonds. The third-order valence-electron chi connectivity index (χ3n) is 3.77. The number of nitrogens with zero attached hydrogens (tertiary/aromatic N) is 2. The molecule has 112 valence electrons. The molecular formula is C14H14F2N2O3. The van der Waals surface area contributed by atoms with Gasteiger partial charge in [0.15, 0.2) is 11.6 Å². The van der Waals surface area contributed by atoms with Crippen molar-refractivity contribution < 1.29 is 23.1 Å². The molecule has 1 aromatic carbocycles. The highest BCUT2D eigenvalue weighted by Gasteiger charge is 2.43. The number of morpholine rings is 1. The smallest absolute Gasteiger partial charge is 0.251 e. The SMILES string of the molecule is O=C1CC(N2CCOCC2)C(=O)N1c1ccc(F)c(F)c1. The second-order valence-corrected chi connectivity index (χ2v) is 5.03. The van der Waals surface area contributed by atoms with E-state index in [1.165, 1.54) is 6.07 Å². The van der Waals surface area contributed by atoms with E-state index in [2.05, 4.69) is 0 Å². The van der Waals surface area contributed by atoms with E-state index in [-0.39, 0.29) is 12.1 Å².